The Bertz CT molecular complexity index is 662. The zero-order valence-electron chi connectivity index (χ0n) is 12.4. The summed E-state index contributed by atoms with van der Waals surface area (Å²) in [5, 5.41) is 3.34. The summed E-state index contributed by atoms with van der Waals surface area (Å²) in [5.41, 5.74) is 1.57. The Morgan fingerprint density at radius 2 is 2.05 bits per heavy atom. The molecule has 1 heterocycles. The van der Waals surface area contributed by atoms with Gasteiger partial charge in [0.1, 0.15) is 5.75 Å². The molecule has 0 spiro atoms. The first kappa shape index (κ1) is 16.1. The lowest BCUT2D eigenvalue weighted by molar-refractivity contribution is -0.120. The Labute approximate surface area is 134 Å². The third-order valence-electron chi connectivity index (χ3n) is 3.13. The molecule has 1 aromatic heterocycles. The molecule has 22 heavy (non-hydrogen) atoms. The van der Waals surface area contributed by atoms with Crippen molar-refractivity contribution in [3.63, 3.8) is 0 Å². The minimum atomic E-state index is -0.127. The summed E-state index contributed by atoms with van der Waals surface area (Å²) in [4.78, 5) is 16.1. The standard InChI is InChI=1S/C16H17ClN2O3/c1-21-13-6-5-11(14(17)9-13)8-15(20)19-10-12-4-3-7-18-16(12)22-2/h3-7,9H,8,10H2,1-2H3,(H,19,20). The predicted octanol–water partition coefficient (Wildman–Crippen LogP) is 2.61. The van der Waals surface area contributed by atoms with Gasteiger partial charge in [0.2, 0.25) is 11.8 Å². The molecule has 2 aromatic rings. The second kappa shape index (κ2) is 7.66. The summed E-state index contributed by atoms with van der Waals surface area (Å²) in [6.45, 7) is 0.351. The molecule has 0 saturated heterocycles. The first-order chi connectivity index (χ1) is 10.6. The van der Waals surface area contributed by atoms with Crippen LogP contribution in [0.5, 0.6) is 11.6 Å². The maximum atomic E-state index is 12.0. The summed E-state index contributed by atoms with van der Waals surface area (Å²) in [7, 11) is 3.12. The number of carbonyl (C=O) groups is 1. The summed E-state index contributed by atoms with van der Waals surface area (Å²) in [6, 6.07) is 8.90. The van der Waals surface area contributed by atoms with Gasteiger partial charge in [-0.2, -0.15) is 0 Å². The third-order valence-corrected chi connectivity index (χ3v) is 3.48. The Kier molecular flexibility index (Phi) is 5.61. The lowest BCUT2D eigenvalue weighted by Crippen LogP contribution is -2.25. The van der Waals surface area contributed by atoms with E-state index in [1.165, 1.54) is 0 Å². The van der Waals surface area contributed by atoms with E-state index in [9.17, 15) is 4.79 Å². The molecule has 1 N–H and O–H groups in total. The molecular weight excluding hydrogens is 304 g/mol. The van der Waals surface area contributed by atoms with Gasteiger partial charge in [-0.1, -0.05) is 23.7 Å². The van der Waals surface area contributed by atoms with E-state index in [-0.39, 0.29) is 12.3 Å². The minimum Gasteiger partial charge on any atom is -0.497 e. The van der Waals surface area contributed by atoms with Crippen molar-refractivity contribution in [3.8, 4) is 11.6 Å². The van der Waals surface area contributed by atoms with Gasteiger partial charge >= 0.3 is 0 Å². The van der Waals surface area contributed by atoms with Crippen LogP contribution in [-0.2, 0) is 17.8 Å². The molecule has 0 aliphatic heterocycles. The topological polar surface area (TPSA) is 60.5 Å². The quantitative estimate of drug-likeness (QED) is 0.888. The molecular formula is C16H17ClN2O3. The monoisotopic (exact) mass is 320 g/mol. The van der Waals surface area contributed by atoms with Crippen LogP contribution in [0.1, 0.15) is 11.1 Å². The predicted molar refractivity (Wildman–Crippen MR) is 84.3 cm³/mol. The molecule has 0 radical (unpaired) electrons. The van der Waals surface area contributed by atoms with Crippen LogP contribution in [0, 0.1) is 0 Å². The number of nitrogens with zero attached hydrogens (tertiary/aromatic N) is 1. The largest absolute Gasteiger partial charge is 0.497 e. The van der Waals surface area contributed by atoms with Gasteiger partial charge in [0.05, 0.1) is 20.6 Å². The lowest BCUT2D eigenvalue weighted by atomic mass is 10.1. The van der Waals surface area contributed by atoms with Gasteiger partial charge in [-0.25, -0.2) is 4.98 Å². The number of benzene rings is 1. The number of amides is 1. The van der Waals surface area contributed by atoms with Crippen molar-refractivity contribution < 1.29 is 14.3 Å². The van der Waals surface area contributed by atoms with E-state index < -0.39 is 0 Å². The zero-order valence-corrected chi connectivity index (χ0v) is 13.2. The number of nitrogens with one attached hydrogen (secondary N) is 1. The minimum absolute atomic E-state index is 0.127. The average Bonchev–Trinajstić information content (AvgIpc) is 2.55. The summed E-state index contributed by atoms with van der Waals surface area (Å²) in [6.07, 6.45) is 1.84. The van der Waals surface area contributed by atoms with Crippen LogP contribution >= 0.6 is 11.6 Å². The Hall–Kier alpha value is -2.27. The van der Waals surface area contributed by atoms with Gasteiger partial charge in [0.15, 0.2) is 0 Å². The van der Waals surface area contributed by atoms with Crippen molar-refractivity contribution >= 4 is 17.5 Å². The Morgan fingerprint density at radius 1 is 1.23 bits per heavy atom. The average molecular weight is 321 g/mol. The van der Waals surface area contributed by atoms with Gasteiger partial charge in [0.25, 0.3) is 0 Å². The molecule has 6 heteroatoms. The van der Waals surface area contributed by atoms with Crippen LogP contribution < -0.4 is 14.8 Å². The maximum Gasteiger partial charge on any atom is 0.224 e. The molecule has 0 unspecified atom stereocenters. The highest BCUT2D eigenvalue weighted by atomic mass is 35.5. The fourth-order valence-corrected chi connectivity index (χ4v) is 2.21. The number of aromatic nitrogens is 1. The van der Waals surface area contributed by atoms with Crippen LogP contribution in [0.4, 0.5) is 0 Å². The third kappa shape index (κ3) is 4.11. The molecule has 0 fully saturated rings. The van der Waals surface area contributed by atoms with E-state index in [1.54, 1.807) is 44.7 Å². The number of carbonyl (C=O) groups excluding carboxylic acids is 1. The van der Waals surface area contributed by atoms with Crippen molar-refractivity contribution in [3.05, 3.63) is 52.7 Å². The molecule has 5 nitrogen and oxygen atoms in total. The Morgan fingerprint density at radius 3 is 2.73 bits per heavy atom. The van der Waals surface area contributed by atoms with Crippen molar-refractivity contribution in [2.75, 3.05) is 14.2 Å². The number of hydrogen-bond acceptors (Lipinski definition) is 4. The second-order valence-electron chi connectivity index (χ2n) is 4.58. The van der Waals surface area contributed by atoms with E-state index in [1.807, 2.05) is 6.07 Å². The molecule has 1 aromatic carbocycles. The molecule has 2 rings (SSSR count). The lowest BCUT2D eigenvalue weighted by Gasteiger charge is -2.10. The molecule has 0 aliphatic rings. The number of ether oxygens (including phenoxy) is 2. The maximum absolute atomic E-state index is 12.0. The number of methoxy groups -OCH3 is 2. The van der Waals surface area contributed by atoms with E-state index in [4.69, 9.17) is 21.1 Å². The summed E-state index contributed by atoms with van der Waals surface area (Å²) in [5.74, 6) is 1.04. The van der Waals surface area contributed by atoms with Crippen LogP contribution in [0.15, 0.2) is 36.5 Å². The van der Waals surface area contributed by atoms with Gasteiger partial charge in [0, 0.05) is 23.3 Å². The SMILES string of the molecule is COc1ccc(CC(=O)NCc2cccnc2OC)c(Cl)c1. The van der Waals surface area contributed by atoms with E-state index in [2.05, 4.69) is 10.3 Å². The first-order valence-corrected chi connectivity index (χ1v) is 7.09. The molecule has 1 amide bonds. The number of rotatable bonds is 6. The summed E-state index contributed by atoms with van der Waals surface area (Å²) < 4.78 is 10.2. The second-order valence-corrected chi connectivity index (χ2v) is 4.99. The van der Waals surface area contributed by atoms with Gasteiger partial charge in [-0.15, -0.1) is 0 Å². The highest BCUT2D eigenvalue weighted by Gasteiger charge is 2.10. The van der Waals surface area contributed by atoms with Crippen LogP contribution in [0.2, 0.25) is 5.02 Å². The highest BCUT2D eigenvalue weighted by Crippen LogP contribution is 2.22. The molecule has 116 valence electrons. The van der Waals surface area contributed by atoms with Crippen molar-refractivity contribution in [1.29, 1.82) is 0 Å². The number of halogens is 1. The van der Waals surface area contributed by atoms with Crippen LogP contribution in [0.3, 0.4) is 0 Å². The normalized spacial score (nSPS) is 10.1. The number of pyridine rings is 1. The van der Waals surface area contributed by atoms with E-state index >= 15 is 0 Å². The van der Waals surface area contributed by atoms with Gasteiger partial charge < -0.3 is 14.8 Å². The zero-order chi connectivity index (χ0) is 15.9. The smallest absolute Gasteiger partial charge is 0.224 e. The molecule has 0 saturated carbocycles. The van der Waals surface area contributed by atoms with E-state index in [0.29, 0.717) is 23.2 Å². The fraction of sp³-hybridized carbons (Fsp3) is 0.250. The van der Waals surface area contributed by atoms with Crippen molar-refractivity contribution in [2.24, 2.45) is 0 Å². The van der Waals surface area contributed by atoms with Crippen molar-refractivity contribution in [2.45, 2.75) is 13.0 Å². The van der Waals surface area contributed by atoms with Crippen LogP contribution in [0.25, 0.3) is 0 Å². The van der Waals surface area contributed by atoms with Gasteiger partial charge in [-0.05, 0) is 23.8 Å². The highest BCUT2D eigenvalue weighted by molar-refractivity contribution is 6.31. The van der Waals surface area contributed by atoms with Crippen molar-refractivity contribution in [1.82, 2.24) is 10.3 Å². The number of hydrogen-bond donors (Lipinski definition) is 1. The fourth-order valence-electron chi connectivity index (χ4n) is 1.97. The Balaban J connectivity index is 1.96. The van der Waals surface area contributed by atoms with Gasteiger partial charge in [-0.3, -0.25) is 4.79 Å². The van der Waals surface area contributed by atoms with E-state index in [0.717, 1.165) is 11.1 Å². The first-order valence-electron chi connectivity index (χ1n) is 6.71. The summed E-state index contributed by atoms with van der Waals surface area (Å²) >= 11 is 6.13. The molecule has 0 atom stereocenters. The molecule has 0 aliphatic carbocycles. The van der Waals surface area contributed by atoms with Crippen LogP contribution in [-0.4, -0.2) is 25.1 Å². The molecule has 0 bridgehead atoms.